The summed E-state index contributed by atoms with van der Waals surface area (Å²) < 4.78 is 5.50. The third-order valence-corrected chi connectivity index (χ3v) is 5.71. The molecule has 1 aliphatic rings. The van der Waals surface area contributed by atoms with Crippen LogP contribution >= 0.6 is 0 Å². The zero-order chi connectivity index (χ0) is 23.2. The van der Waals surface area contributed by atoms with Crippen LogP contribution in [0, 0.1) is 10.1 Å². The zero-order valence-corrected chi connectivity index (χ0v) is 17.9. The minimum absolute atomic E-state index is 0.0146. The number of fused-ring (bicyclic) bond motifs is 3. The van der Waals surface area contributed by atoms with Crippen LogP contribution in [0.3, 0.4) is 0 Å². The van der Waals surface area contributed by atoms with Crippen molar-refractivity contribution in [1.29, 1.82) is 0 Å². The van der Waals surface area contributed by atoms with Crippen molar-refractivity contribution in [3.05, 3.63) is 105 Å². The number of hydrogen-bond donors (Lipinski definition) is 2. The van der Waals surface area contributed by atoms with Crippen LogP contribution in [-0.2, 0) is 11.3 Å². The number of benzene rings is 3. The summed E-state index contributed by atoms with van der Waals surface area (Å²) in [6, 6.07) is 21.0. The summed E-state index contributed by atoms with van der Waals surface area (Å²) in [7, 11) is 0. The molecule has 0 aromatic heterocycles. The highest BCUT2D eigenvalue weighted by Crippen LogP contribution is 2.44. The molecule has 0 spiro atoms. The molecule has 3 aromatic rings. The van der Waals surface area contributed by atoms with Crippen LogP contribution in [0.25, 0.3) is 17.2 Å². The second-order valence-corrected chi connectivity index (χ2v) is 7.75. The Morgan fingerprint density at radius 2 is 1.73 bits per heavy atom. The van der Waals surface area contributed by atoms with E-state index in [1.807, 2.05) is 30.3 Å². The molecule has 7 heteroatoms. The maximum atomic E-state index is 12.2. The van der Waals surface area contributed by atoms with E-state index < -0.39 is 11.0 Å². The fraction of sp³-hybridized carbons (Fsp3) is 0.192. The molecule has 0 radical (unpaired) electrons. The van der Waals surface area contributed by atoms with Crippen LogP contribution in [0.1, 0.15) is 34.6 Å². The maximum Gasteiger partial charge on any atom is 0.407 e. The van der Waals surface area contributed by atoms with Gasteiger partial charge in [0, 0.05) is 18.5 Å². The van der Waals surface area contributed by atoms with Gasteiger partial charge in [0.05, 0.1) is 17.1 Å². The zero-order valence-electron chi connectivity index (χ0n) is 17.9. The molecule has 2 N–H and O–H groups in total. The van der Waals surface area contributed by atoms with E-state index in [4.69, 9.17) is 4.74 Å². The van der Waals surface area contributed by atoms with Gasteiger partial charge in [-0.2, -0.15) is 0 Å². The van der Waals surface area contributed by atoms with Gasteiger partial charge in [0.15, 0.2) is 0 Å². The van der Waals surface area contributed by atoms with Gasteiger partial charge in [-0.15, -0.1) is 0 Å². The topological polar surface area (TPSA) is 102 Å². The minimum atomic E-state index is -0.512. The van der Waals surface area contributed by atoms with Gasteiger partial charge in [-0.25, -0.2) is 4.79 Å². The predicted molar refractivity (Wildman–Crippen MR) is 126 cm³/mol. The number of nitrogens with one attached hydrogen (secondary N) is 1. The normalized spacial score (nSPS) is 12.4. The Bertz CT molecular complexity index is 1160. The quantitative estimate of drug-likeness (QED) is 0.288. The van der Waals surface area contributed by atoms with Gasteiger partial charge in [0.2, 0.25) is 0 Å². The van der Waals surface area contributed by atoms with Crippen LogP contribution in [0.4, 0.5) is 10.5 Å². The van der Waals surface area contributed by atoms with Crippen molar-refractivity contribution < 1.29 is 19.6 Å². The lowest BCUT2D eigenvalue weighted by Gasteiger charge is -2.14. The first-order valence-corrected chi connectivity index (χ1v) is 10.7. The molecule has 0 unspecified atom stereocenters. The van der Waals surface area contributed by atoms with E-state index in [0.29, 0.717) is 18.5 Å². The van der Waals surface area contributed by atoms with Crippen molar-refractivity contribution in [2.24, 2.45) is 0 Å². The van der Waals surface area contributed by atoms with E-state index in [1.165, 1.54) is 23.3 Å². The summed E-state index contributed by atoms with van der Waals surface area (Å²) in [5.74, 6) is 0.0146. The number of nitro benzene ring substituents is 1. The Hall–Kier alpha value is -3.97. The number of carbonyl (C=O) groups is 1. The number of carbonyl (C=O) groups excluding carboxylic acids is 1. The van der Waals surface area contributed by atoms with Crippen molar-refractivity contribution >= 4 is 17.9 Å². The molecule has 1 amide bonds. The molecule has 0 aliphatic heterocycles. The number of aliphatic hydroxyl groups excluding tert-OH is 1. The van der Waals surface area contributed by atoms with Crippen molar-refractivity contribution in [3.63, 3.8) is 0 Å². The first-order chi connectivity index (χ1) is 16.1. The summed E-state index contributed by atoms with van der Waals surface area (Å²) in [6.45, 7) is 0.255. The molecule has 0 saturated heterocycles. The number of alkyl carbamates (subject to hydrolysis) is 1. The molecular weight excluding hydrogens is 420 g/mol. The Morgan fingerprint density at radius 1 is 1.06 bits per heavy atom. The third kappa shape index (κ3) is 4.94. The molecule has 3 aromatic carbocycles. The summed E-state index contributed by atoms with van der Waals surface area (Å²) in [4.78, 5) is 22.8. The van der Waals surface area contributed by atoms with Crippen LogP contribution in [0.5, 0.6) is 0 Å². The van der Waals surface area contributed by atoms with E-state index in [-0.39, 0.29) is 30.4 Å². The van der Waals surface area contributed by atoms with Crippen LogP contribution in [0.15, 0.2) is 72.8 Å². The number of nitro groups is 1. The highest BCUT2D eigenvalue weighted by atomic mass is 16.6. The Balaban J connectivity index is 1.27. The third-order valence-electron chi connectivity index (χ3n) is 5.71. The molecule has 0 atom stereocenters. The smallest absolute Gasteiger partial charge is 0.407 e. The number of rotatable bonds is 8. The first kappa shape index (κ1) is 22.2. The number of aliphatic hydroxyl groups is 1. The van der Waals surface area contributed by atoms with Crippen LogP contribution in [0.2, 0.25) is 0 Å². The first-order valence-electron chi connectivity index (χ1n) is 10.7. The van der Waals surface area contributed by atoms with E-state index in [1.54, 1.807) is 12.1 Å². The molecule has 0 bridgehead atoms. The number of amides is 1. The minimum Gasteiger partial charge on any atom is -0.449 e. The van der Waals surface area contributed by atoms with Crippen LogP contribution < -0.4 is 5.32 Å². The molecule has 7 nitrogen and oxygen atoms in total. The number of ether oxygens (including phenoxy) is 1. The molecule has 4 rings (SSSR count). The van der Waals surface area contributed by atoms with Gasteiger partial charge < -0.3 is 15.2 Å². The van der Waals surface area contributed by atoms with Crippen molar-refractivity contribution in [2.75, 3.05) is 13.2 Å². The molecule has 33 heavy (non-hydrogen) atoms. The molecule has 168 valence electrons. The van der Waals surface area contributed by atoms with Gasteiger partial charge in [-0.3, -0.25) is 10.1 Å². The highest BCUT2D eigenvalue weighted by Gasteiger charge is 2.28. The lowest BCUT2D eigenvalue weighted by atomic mass is 9.98. The van der Waals surface area contributed by atoms with Crippen LogP contribution in [-0.4, -0.2) is 29.3 Å². The van der Waals surface area contributed by atoms with E-state index in [0.717, 1.165) is 11.1 Å². The van der Waals surface area contributed by atoms with Crippen molar-refractivity contribution in [3.8, 4) is 11.1 Å². The molecule has 0 saturated carbocycles. The fourth-order valence-corrected chi connectivity index (χ4v) is 4.11. The van der Waals surface area contributed by atoms with E-state index >= 15 is 0 Å². The predicted octanol–water partition coefficient (Wildman–Crippen LogP) is 5.03. The molecular formula is C26H24N2O5. The van der Waals surface area contributed by atoms with E-state index in [2.05, 4.69) is 29.6 Å². The summed E-state index contributed by atoms with van der Waals surface area (Å²) >= 11 is 0. The van der Waals surface area contributed by atoms with Gasteiger partial charge in [0.25, 0.3) is 5.69 Å². The van der Waals surface area contributed by atoms with Gasteiger partial charge >= 0.3 is 6.09 Å². The van der Waals surface area contributed by atoms with Gasteiger partial charge in [-0.1, -0.05) is 66.7 Å². The van der Waals surface area contributed by atoms with Gasteiger partial charge in [-0.05, 0) is 40.3 Å². The van der Waals surface area contributed by atoms with E-state index in [9.17, 15) is 20.0 Å². The number of nitrogens with zero attached hydrogens (tertiary/aromatic N) is 1. The lowest BCUT2D eigenvalue weighted by Crippen LogP contribution is -2.26. The van der Waals surface area contributed by atoms with Crippen molar-refractivity contribution in [1.82, 2.24) is 5.32 Å². The lowest BCUT2D eigenvalue weighted by molar-refractivity contribution is -0.385. The number of hydrogen-bond acceptors (Lipinski definition) is 5. The second kappa shape index (κ2) is 10.1. The standard InChI is InChI=1S/C26H24N2O5/c29-16-19-13-12-18(15-25(19)28(31)32)7-5-6-14-27-26(30)33-17-24-22-10-3-1-8-20(22)21-9-2-4-11-23(21)24/h1-5,7-13,15,24,29H,6,14,16-17H2,(H,27,30). The van der Waals surface area contributed by atoms with Gasteiger partial charge in [0.1, 0.15) is 6.61 Å². The van der Waals surface area contributed by atoms with Crippen molar-refractivity contribution in [2.45, 2.75) is 18.9 Å². The largest absolute Gasteiger partial charge is 0.449 e. The maximum absolute atomic E-state index is 12.2. The summed E-state index contributed by atoms with van der Waals surface area (Å²) in [5.41, 5.74) is 5.50. The Morgan fingerprint density at radius 3 is 2.36 bits per heavy atom. The second-order valence-electron chi connectivity index (χ2n) is 7.75. The summed E-state index contributed by atoms with van der Waals surface area (Å²) in [6.07, 6.45) is 3.63. The monoisotopic (exact) mass is 444 g/mol. The summed E-state index contributed by atoms with van der Waals surface area (Å²) in [5, 5.41) is 23.0. The molecule has 1 aliphatic carbocycles. The average molecular weight is 444 g/mol. The fourth-order valence-electron chi connectivity index (χ4n) is 4.11. The Kier molecular flexibility index (Phi) is 6.80. The molecule has 0 fully saturated rings. The Labute approximate surface area is 191 Å². The molecule has 0 heterocycles. The highest BCUT2D eigenvalue weighted by molar-refractivity contribution is 5.79. The SMILES string of the molecule is O=C(NCCC=Cc1ccc(CO)c([N+](=O)[O-])c1)OCC1c2ccccc2-c2ccccc21. The average Bonchev–Trinajstić information content (AvgIpc) is 3.16.